The number of carbonyl (C=O) groups is 1. The van der Waals surface area contributed by atoms with Crippen LogP contribution in [0.25, 0.3) is 17.5 Å². The molecule has 1 aliphatic rings. The first-order chi connectivity index (χ1) is 20.3. The number of nitrogens with zero attached hydrogens (tertiary/aromatic N) is 5. The minimum atomic E-state index is -4.60. The fourth-order valence-electron chi connectivity index (χ4n) is 3.22. The Morgan fingerprint density at radius 1 is 0.977 bits per heavy atom. The van der Waals surface area contributed by atoms with E-state index in [9.17, 15) is 22.4 Å². The molecule has 13 heteroatoms. The highest BCUT2D eigenvalue weighted by Crippen LogP contribution is 2.30. The number of hydrogen-bond donors (Lipinski definition) is 2. The first kappa shape index (κ1) is 39.2. The molecule has 0 radical (unpaired) electrons. The van der Waals surface area contributed by atoms with Crippen molar-refractivity contribution in [3.05, 3.63) is 64.5 Å². The molecule has 1 aliphatic carbocycles. The van der Waals surface area contributed by atoms with E-state index in [2.05, 4.69) is 20.0 Å². The van der Waals surface area contributed by atoms with Gasteiger partial charge in [0, 0.05) is 45.3 Å². The topological polar surface area (TPSA) is 123 Å². The Hall–Kier alpha value is -3.84. The average Bonchev–Trinajstić information content (AvgIpc) is 3.00. The summed E-state index contributed by atoms with van der Waals surface area (Å²) in [7, 11) is 5.18. The van der Waals surface area contributed by atoms with Gasteiger partial charge >= 0.3 is 6.18 Å². The smallest absolute Gasteiger partial charge is 0.397 e. The fraction of sp³-hybridized carbons (Fsp3) is 0.467. The van der Waals surface area contributed by atoms with Crippen molar-refractivity contribution < 1.29 is 27.3 Å². The molecule has 2 aromatic rings. The number of benzene rings is 1. The number of hydrogen-bond acceptors (Lipinski definition) is 9. The molecule has 1 aromatic carbocycles. The zero-order valence-electron chi connectivity index (χ0n) is 26.1. The maximum Gasteiger partial charge on any atom is 0.419 e. The fourth-order valence-corrected chi connectivity index (χ4v) is 3.22. The molecule has 3 rings (SSSR count). The van der Waals surface area contributed by atoms with Crippen molar-refractivity contribution in [1.29, 1.82) is 0 Å². The van der Waals surface area contributed by atoms with E-state index in [1.54, 1.807) is 11.2 Å². The summed E-state index contributed by atoms with van der Waals surface area (Å²) in [4.78, 5) is 22.5. The summed E-state index contributed by atoms with van der Waals surface area (Å²) in [5.74, 6) is 3.84. The van der Waals surface area contributed by atoms with Gasteiger partial charge in [0.05, 0.1) is 23.0 Å². The molecule has 1 heterocycles. The highest BCUT2D eigenvalue weighted by Gasteiger charge is 2.31. The molecule has 0 spiro atoms. The average molecular weight is 612 g/mol. The van der Waals surface area contributed by atoms with Gasteiger partial charge in [-0.15, -0.1) is 0 Å². The maximum absolute atomic E-state index is 14.2. The van der Waals surface area contributed by atoms with Crippen LogP contribution in [-0.4, -0.2) is 53.7 Å². The molecule has 4 N–H and O–H groups in total. The van der Waals surface area contributed by atoms with Crippen LogP contribution >= 0.6 is 0 Å². The zero-order valence-corrected chi connectivity index (χ0v) is 26.1. The highest BCUT2D eigenvalue weighted by molar-refractivity contribution is 5.84. The molecular weight excluding hydrogens is 566 g/mol. The van der Waals surface area contributed by atoms with Gasteiger partial charge in [0.1, 0.15) is 5.82 Å². The van der Waals surface area contributed by atoms with E-state index < -0.39 is 17.6 Å². The standard InChI is InChI=1S/C15H12F4N4O2.C7H15N3.C6H12.C2H6/c1-23(25-20)3-2-9-4-12(13(16)5-10(9)8-24)14-21-6-11(7-22-14)15(17,18)19;1-6(2)7(8)5-9-10(3)4;1-2-4-6-5-3-1;1-2/h2-8H,20H2,1H3;5H,8H2,1-4H3;1-6H2;1-2H3/b3-2-;9-5-;;. The molecule has 0 aliphatic heterocycles. The van der Waals surface area contributed by atoms with Gasteiger partial charge in [-0.05, 0) is 37.6 Å². The van der Waals surface area contributed by atoms with Crippen LogP contribution in [0.3, 0.4) is 0 Å². The predicted octanol–water partition coefficient (Wildman–Crippen LogP) is 6.98. The minimum Gasteiger partial charge on any atom is -0.397 e. The van der Waals surface area contributed by atoms with E-state index in [0.717, 1.165) is 22.4 Å². The number of nitrogens with two attached hydrogens (primary N) is 2. The quantitative estimate of drug-likeness (QED) is 0.149. The van der Waals surface area contributed by atoms with Gasteiger partial charge in [-0.25, -0.2) is 19.4 Å². The summed E-state index contributed by atoms with van der Waals surface area (Å²) >= 11 is 0. The van der Waals surface area contributed by atoms with E-state index in [4.69, 9.17) is 11.6 Å². The second-order valence-corrected chi connectivity index (χ2v) is 9.51. The van der Waals surface area contributed by atoms with Crippen LogP contribution in [-0.2, 0) is 11.1 Å². The minimum absolute atomic E-state index is 0.0230. The Balaban J connectivity index is 0.000000800. The Bertz CT molecular complexity index is 1160. The number of rotatable bonds is 7. The molecule has 240 valence electrons. The number of hydroxylamine groups is 2. The van der Waals surface area contributed by atoms with Crippen LogP contribution < -0.4 is 11.6 Å². The van der Waals surface area contributed by atoms with Gasteiger partial charge in [0.15, 0.2) is 12.1 Å². The Morgan fingerprint density at radius 2 is 1.49 bits per heavy atom. The molecule has 1 fully saturated rings. The van der Waals surface area contributed by atoms with E-state index in [1.165, 1.54) is 63.9 Å². The predicted molar refractivity (Wildman–Crippen MR) is 164 cm³/mol. The van der Waals surface area contributed by atoms with Crippen molar-refractivity contribution in [2.45, 2.75) is 72.4 Å². The molecular formula is C30H45F4N7O2. The van der Waals surface area contributed by atoms with Crippen molar-refractivity contribution in [3.63, 3.8) is 0 Å². The van der Waals surface area contributed by atoms with Crippen molar-refractivity contribution >= 4 is 18.6 Å². The van der Waals surface area contributed by atoms with Crippen LogP contribution in [0.1, 0.15) is 87.7 Å². The van der Waals surface area contributed by atoms with Gasteiger partial charge in [-0.2, -0.15) is 29.1 Å². The first-order valence-electron chi connectivity index (χ1n) is 13.9. The molecule has 0 amide bonds. The van der Waals surface area contributed by atoms with E-state index in [0.29, 0.717) is 18.7 Å². The van der Waals surface area contributed by atoms with E-state index in [-0.39, 0.29) is 22.5 Å². The molecule has 0 bridgehead atoms. The lowest BCUT2D eigenvalue weighted by molar-refractivity contribution is -0.138. The second-order valence-electron chi connectivity index (χ2n) is 9.51. The van der Waals surface area contributed by atoms with Crippen LogP contribution in [0, 0.1) is 5.82 Å². The Labute approximate surface area is 252 Å². The van der Waals surface area contributed by atoms with Crippen LogP contribution in [0.4, 0.5) is 17.6 Å². The summed E-state index contributed by atoms with van der Waals surface area (Å²) in [5.41, 5.74) is 6.48. The number of allylic oxidation sites excluding steroid dienone is 2. The number of alkyl halides is 3. The third kappa shape index (κ3) is 15.8. The molecule has 0 atom stereocenters. The molecule has 0 saturated heterocycles. The van der Waals surface area contributed by atoms with Gasteiger partial charge in [-0.3, -0.25) is 4.79 Å². The molecule has 43 heavy (non-hydrogen) atoms. The number of aromatic nitrogens is 2. The van der Waals surface area contributed by atoms with Crippen LogP contribution in [0.2, 0.25) is 0 Å². The zero-order chi connectivity index (χ0) is 33.0. The van der Waals surface area contributed by atoms with E-state index >= 15 is 0 Å². The Kier molecular flexibility index (Phi) is 19.1. The van der Waals surface area contributed by atoms with Gasteiger partial charge in [-0.1, -0.05) is 57.9 Å². The lowest BCUT2D eigenvalue weighted by atomic mass is 10.0. The molecule has 1 saturated carbocycles. The molecule has 0 unspecified atom stereocenters. The monoisotopic (exact) mass is 611 g/mol. The number of halogens is 4. The Morgan fingerprint density at radius 3 is 1.88 bits per heavy atom. The number of hydrazone groups is 1. The SMILES string of the molecule is C1CCCCC1.CC.CC(C)=C(N)/C=N\N(C)C.CN(/C=C\c1cc(-c2ncc(C(F)(F)F)cn2)c(F)cc1C=O)ON. The lowest BCUT2D eigenvalue weighted by Gasteiger charge is -2.10. The normalized spacial score (nSPS) is 12.7. The lowest BCUT2D eigenvalue weighted by Crippen LogP contribution is -2.15. The first-order valence-corrected chi connectivity index (χ1v) is 13.9. The van der Waals surface area contributed by atoms with Crippen molar-refractivity contribution in [2.24, 2.45) is 16.7 Å². The van der Waals surface area contributed by atoms with Crippen molar-refractivity contribution in [3.8, 4) is 11.4 Å². The van der Waals surface area contributed by atoms with Gasteiger partial charge in [0.2, 0.25) is 0 Å². The van der Waals surface area contributed by atoms with Gasteiger partial charge in [0.25, 0.3) is 0 Å². The highest BCUT2D eigenvalue weighted by atomic mass is 19.4. The van der Waals surface area contributed by atoms with Crippen LogP contribution in [0.15, 0.2) is 47.1 Å². The third-order valence-corrected chi connectivity index (χ3v) is 5.66. The van der Waals surface area contributed by atoms with Crippen molar-refractivity contribution in [2.75, 3.05) is 21.1 Å². The molecule has 9 nitrogen and oxygen atoms in total. The summed E-state index contributed by atoms with van der Waals surface area (Å²) in [6.45, 7) is 7.91. The number of carbonyl (C=O) groups excluding carboxylic acids is 1. The van der Waals surface area contributed by atoms with Gasteiger partial charge < -0.3 is 10.7 Å². The summed E-state index contributed by atoms with van der Waals surface area (Å²) in [5, 5.41) is 6.79. The summed E-state index contributed by atoms with van der Waals surface area (Å²) in [6, 6.07) is 2.18. The third-order valence-electron chi connectivity index (χ3n) is 5.66. The van der Waals surface area contributed by atoms with Crippen LogP contribution in [0.5, 0.6) is 0 Å². The summed E-state index contributed by atoms with van der Waals surface area (Å²) < 4.78 is 51.8. The number of aldehydes is 1. The molecule has 1 aromatic heterocycles. The summed E-state index contributed by atoms with van der Waals surface area (Å²) in [6.07, 6.45) is 10.4. The largest absolute Gasteiger partial charge is 0.419 e. The second kappa shape index (κ2) is 20.9. The maximum atomic E-state index is 14.2. The van der Waals surface area contributed by atoms with Crippen molar-refractivity contribution in [1.82, 2.24) is 20.0 Å². The van der Waals surface area contributed by atoms with E-state index in [1.807, 2.05) is 41.8 Å².